The highest BCUT2D eigenvalue weighted by Gasteiger charge is 2.26. The third-order valence-corrected chi connectivity index (χ3v) is 4.48. The van der Waals surface area contributed by atoms with Gasteiger partial charge in [0, 0.05) is 19.6 Å². The zero-order valence-corrected chi connectivity index (χ0v) is 15.6. The molecule has 4 unspecified atom stereocenters. The summed E-state index contributed by atoms with van der Waals surface area (Å²) < 4.78 is 5.39. The van der Waals surface area contributed by atoms with Gasteiger partial charge < -0.3 is 15.0 Å². The second kappa shape index (κ2) is 8.19. The normalized spacial score (nSPS) is 27.3. The van der Waals surface area contributed by atoms with Gasteiger partial charge in [0.2, 0.25) is 0 Å². The van der Waals surface area contributed by atoms with Crippen LogP contribution in [0.25, 0.3) is 0 Å². The number of hydrogen-bond acceptors (Lipinski definition) is 3. The topological polar surface area (TPSA) is 41.6 Å². The summed E-state index contributed by atoms with van der Waals surface area (Å²) in [5.74, 6) is 2.00. The number of carbonyl (C=O) groups is 1. The summed E-state index contributed by atoms with van der Waals surface area (Å²) in [7, 11) is 1.82. The van der Waals surface area contributed by atoms with E-state index in [-0.39, 0.29) is 6.09 Å². The van der Waals surface area contributed by atoms with Crippen LogP contribution in [0.4, 0.5) is 4.79 Å². The fourth-order valence-electron chi connectivity index (χ4n) is 3.12. The van der Waals surface area contributed by atoms with E-state index in [1.165, 1.54) is 19.3 Å². The van der Waals surface area contributed by atoms with Crippen molar-refractivity contribution in [1.29, 1.82) is 0 Å². The molecule has 0 spiro atoms. The molecule has 130 valence electrons. The summed E-state index contributed by atoms with van der Waals surface area (Å²) in [6, 6.07) is 0.623. The van der Waals surface area contributed by atoms with Crippen LogP contribution in [0.2, 0.25) is 0 Å². The van der Waals surface area contributed by atoms with E-state index >= 15 is 0 Å². The third kappa shape index (κ3) is 6.99. The largest absolute Gasteiger partial charge is 0.444 e. The van der Waals surface area contributed by atoms with Gasteiger partial charge in [0.25, 0.3) is 0 Å². The molecular formula is C18H36N2O2. The van der Waals surface area contributed by atoms with Gasteiger partial charge in [0.05, 0.1) is 0 Å². The maximum Gasteiger partial charge on any atom is 0.410 e. The van der Waals surface area contributed by atoms with Crippen molar-refractivity contribution < 1.29 is 9.53 Å². The number of amides is 1. The monoisotopic (exact) mass is 312 g/mol. The molecule has 0 bridgehead atoms. The predicted molar refractivity (Wildman–Crippen MR) is 92.0 cm³/mol. The first kappa shape index (κ1) is 19.3. The van der Waals surface area contributed by atoms with Gasteiger partial charge in [-0.05, 0) is 57.9 Å². The molecule has 1 aliphatic carbocycles. The molecule has 1 saturated carbocycles. The predicted octanol–water partition coefficient (Wildman–Crippen LogP) is 3.90. The molecule has 4 atom stereocenters. The van der Waals surface area contributed by atoms with Crippen molar-refractivity contribution in [2.45, 2.75) is 72.4 Å². The first-order valence-electron chi connectivity index (χ1n) is 8.76. The Morgan fingerprint density at radius 1 is 1.32 bits per heavy atom. The summed E-state index contributed by atoms with van der Waals surface area (Å²) in [4.78, 5) is 13.7. The second-order valence-electron chi connectivity index (χ2n) is 8.38. The van der Waals surface area contributed by atoms with Crippen LogP contribution >= 0.6 is 0 Å². The van der Waals surface area contributed by atoms with Crippen molar-refractivity contribution in [2.24, 2.45) is 17.8 Å². The summed E-state index contributed by atoms with van der Waals surface area (Å²) in [5.41, 5.74) is -0.430. The van der Waals surface area contributed by atoms with Gasteiger partial charge in [0.1, 0.15) is 5.60 Å². The van der Waals surface area contributed by atoms with Crippen molar-refractivity contribution >= 4 is 6.09 Å². The van der Waals surface area contributed by atoms with E-state index < -0.39 is 5.60 Å². The Kier molecular flexibility index (Phi) is 7.17. The van der Waals surface area contributed by atoms with E-state index in [1.54, 1.807) is 4.90 Å². The van der Waals surface area contributed by atoms with E-state index in [0.717, 1.165) is 24.9 Å². The molecule has 0 aliphatic heterocycles. The lowest BCUT2D eigenvalue weighted by Gasteiger charge is -2.34. The van der Waals surface area contributed by atoms with Gasteiger partial charge in [0.15, 0.2) is 0 Å². The summed E-state index contributed by atoms with van der Waals surface area (Å²) in [6.45, 7) is 14.2. The molecule has 0 aromatic heterocycles. The Hall–Kier alpha value is -0.770. The smallest absolute Gasteiger partial charge is 0.410 e. The van der Waals surface area contributed by atoms with Crippen LogP contribution in [0.1, 0.15) is 60.8 Å². The second-order valence-corrected chi connectivity index (χ2v) is 8.38. The van der Waals surface area contributed by atoms with Crippen LogP contribution < -0.4 is 5.32 Å². The van der Waals surface area contributed by atoms with Gasteiger partial charge >= 0.3 is 6.09 Å². The quantitative estimate of drug-likeness (QED) is 0.837. The molecule has 0 heterocycles. The highest BCUT2D eigenvalue weighted by atomic mass is 16.6. The fourth-order valence-corrected chi connectivity index (χ4v) is 3.12. The number of carbonyl (C=O) groups excluding carboxylic acids is 1. The molecule has 1 fully saturated rings. The van der Waals surface area contributed by atoms with Gasteiger partial charge in [-0.15, -0.1) is 0 Å². The number of nitrogens with zero attached hydrogens (tertiary/aromatic N) is 1. The molecule has 1 rings (SSSR count). The van der Waals surface area contributed by atoms with Crippen molar-refractivity contribution in [3.05, 3.63) is 0 Å². The maximum absolute atomic E-state index is 12.0. The molecule has 0 radical (unpaired) electrons. The van der Waals surface area contributed by atoms with Gasteiger partial charge in [-0.2, -0.15) is 0 Å². The summed E-state index contributed by atoms with van der Waals surface area (Å²) >= 11 is 0. The average molecular weight is 312 g/mol. The lowest BCUT2D eigenvalue weighted by molar-refractivity contribution is 0.0275. The Morgan fingerprint density at radius 2 is 1.95 bits per heavy atom. The minimum Gasteiger partial charge on any atom is -0.444 e. The van der Waals surface area contributed by atoms with Gasteiger partial charge in [-0.1, -0.05) is 27.2 Å². The zero-order chi connectivity index (χ0) is 16.9. The molecule has 0 aromatic rings. The summed E-state index contributed by atoms with van der Waals surface area (Å²) in [6.07, 6.45) is 3.72. The highest BCUT2D eigenvalue weighted by Crippen LogP contribution is 2.28. The van der Waals surface area contributed by atoms with E-state index in [1.807, 2.05) is 27.8 Å². The molecule has 22 heavy (non-hydrogen) atoms. The lowest BCUT2D eigenvalue weighted by atomic mass is 9.80. The molecule has 0 aromatic carbocycles. The fraction of sp³-hybridized carbons (Fsp3) is 0.944. The van der Waals surface area contributed by atoms with Crippen LogP contribution in [-0.4, -0.2) is 42.8 Å². The lowest BCUT2D eigenvalue weighted by Crippen LogP contribution is -2.44. The van der Waals surface area contributed by atoms with Crippen LogP contribution in [-0.2, 0) is 4.74 Å². The summed E-state index contributed by atoms with van der Waals surface area (Å²) in [5, 5.41) is 3.72. The first-order chi connectivity index (χ1) is 10.1. The zero-order valence-electron chi connectivity index (χ0n) is 15.6. The first-order valence-corrected chi connectivity index (χ1v) is 8.76. The molecule has 0 saturated heterocycles. The average Bonchev–Trinajstić information content (AvgIpc) is 2.37. The Bertz CT molecular complexity index is 351. The van der Waals surface area contributed by atoms with Crippen LogP contribution in [0, 0.1) is 17.8 Å². The minimum absolute atomic E-state index is 0.237. The minimum atomic E-state index is -0.430. The van der Waals surface area contributed by atoms with Crippen LogP contribution in [0.3, 0.4) is 0 Å². The van der Waals surface area contributed by atoms with Crippen LogP contribution in [0.5, 0.6) is 0 Å². The Labute approximate surface area is 137 Å². The van der Waals surface area contributed by atoms with Crippen molar-refractivity contribution in [1.82, 2.24) is 10.2 Å². The van der Waals surface area contributed by atoms with E-state index in [2.05, 4.69) is 26.1 Å². The van der Waals surface area contributed by atoms with Crippen molar-refractivity contribution in [3.8, 4) is 0 Å². The number of hydrogen-bond donors (Lipinski definition) is 1. The van der Waals surface area contributed by atoms with Crippen molar-refractivity contribution in [3.63, 3.8) is 0 Å². The van der Waals surface area contributed by atoms with Crippen molar-refractivity contribution in [2.75, 3.05) is 20.1 Å². The standard InChI is InChI=1S/C18H36N2O2/c1-13-8-9-15(3)16(10-13)19-11-14(2)12-20(7)17(21)22-18(4,5)6/h13-16,19H,8-12H2,1-7H3. The number of nitrogens with one attached hydrogen (secondary N) is 1. The molecular weight excluding hydrogens is 276 g/mol. The molecule has 1 N–H and O–H groups in total. The number of ether oxygens (including phenoxy) is 1. The highest BCUT2D eigenvalue weighted by molar-refractivity contribution is 5.67. The van der Waals surface area contributed by atoms with Gasteiger partial charge in [-0.25, -0.2) is 4.79 Å². The molecule has 1 amide bonds. The Morgan fingerprint density at radius 3 is 2.55 bits per heavy atom. The number of rotatable bonds is 5. The van der Waals surface area contributed by atoms with E-state index in [9.17, 15) is 4.79 Å². The van der Waals surface area contributed by atoms with E-state index in [0.29, 0.717) is 12.0 Å². The van der Waals surface area contributed by atoms with Crippen LogP contribution in [0.15, 0.2) is 0 Å². The van der Waals surface area contributed by atoms with Gasteiger partial charge in [-0.3, -0.25) is 0 Å². The third-order valence-electron chi connectivity index (χ3n) is 4.48. The molecule has 4 heteroatoms. The Balaban J connectivity index is 2.33. The maximum atomic E-state index is 12.0. The molecule has 4 nitrogen and oxygen atoms in total. The van der Waals surface area contributed by atoms with E-state index in [4.69, 9.17) is 4.74 Å². The molecule has 1 aliphatic rings. The SMILES string of the molecule is CC1CCC(C)C(NCC(C)CN(C)C(=O)OC(C)(C)C)C1.